The predicted octanol–water partition coefficient (Wildman–Crippen LogP) is 1.88. The van der Waals surface area contributed by atoms with Crippen molar-refractivity contribution in [2.45, 2.75) is 40.0 Å². The monoisotopic (exact) mass is 358 g/mol. The van der Waals surface area contributed by atoms with Crippen molar-refractivity contribution in [1.82, 2.24) is 9.88 Å². The SMILES string of the molecule is CCC[NH+](CCC)CCCNC(=O)C(=O)c1c(C)n(C)c2ccccc12. The van der Waals surface area contributed by atoms with E-state index in [0.717, 1.165) is 42.7 Å². The zero-order valence-electron chi connectivity index (χ0n) is 16.5. The Morgan fingerprint density at radius 2 is 1.73 bits per heavy atom. The number of hydrogen-bond acceptors (Lipinski definition) is 2. The lowest BCUT2D eigenvalue weighted by Crippen LogP contribution is -3.12. The summed E-state index contributed by atoms with van der Waals surface area (Å²) in [5.74, 6) is -0.942. The zero-order valence-corrected chi connectivity index (χ0v) is 16.5. The van der Waals surface area contributed by atoms with Crippen LogP contribution in [0.5, 0.6) is 0 Å². The zero-order chi connectivity index (χ0) is 19.1. The smallest absolute Gasteiger partial charge is 0.292 e. The third-order valence-corrected chi connectivity index (χ3v) is 5.03. The molecule has 142 valence electrons. The van der Waals surface area contributed by atoms with Crippen LogP contribution in [-0.2, 0) is 11.8 Å². The maximum Gasteiger partial charge on any atom is 0.292 e. The summed E-state index contributed by atoms with van der Waals surface area (Å²) in [7, 11) is 1.92. The van der Waals surface area contributed by atoms with Gasteiger partial charge in [0.15, 0.2) is 0 Å². The van der Waals surface area contributed by atoms with Crippen LogP contribution in [0.4, 0.5) is 0 Å². The van der Waals surface area contributed by atoms with Gasteiger partial charge in [-0.15, -0.1) is 0 Å². The Morgan fingerprint density at radius 3 is 2.38 bits per heavy atom. The number of aryl methyl sites for hydroxylation is 1. The fraction of sp³-hybridized carbons (Fsp3) is 0.524. The highest BCUT2D eigenvalue weighted by Crippen LogP contribution is 2.25. The third-order valence-electron chi connectivity index (χ3n) is 5.03. The summed E-state index contributed by atoms with van der Waals surface area (Å²) in [5, 5.41) is 3.65. The van der Waals surface area contributed by atoms with Crippen molar-refractivity contribution in [3.8, 4) is 0 Å². The van der Waals surface area contributed by atoms with Crippen LogP contribution in [0.15, 0.2) is 24.3 Å². The van der Waals surface area contributed by atoms with E-state index in [9.17, 15) is 9.59 Å². The number of fused-ring (bicyclic) bond motifs is 1. The van der Waals surface area contributed by atoms with E-state index in [-0.39, 0.29) is 0 Å². The van der Waals surface area contributed by atoms with Crippen LogP contribution in [0.25, 0.3) is 10.9 Å². The van der Waals surface area contributed by atoms with Gasteiger partial charge in [-0.25, -0.2) is 0 Å². The Labute approximate surface area is 156 Å². The summed E-state index contributed by atoms with van der Waals surface area (Å²) in [5.41, 5.74) is 2.32. The molecule has 0 bridgehead atoms. The summed E-state index contributed by atoms with van der Waals surface area (Å²) < 4.78 is 1.96. The van der Waals surface area contributed by atoms with Crippen LogP contribution in [0.2, 0.25) is 0 Å². The number of Topliss-reactive ketones (excluding diaryl/α,β-unsaturated/α-hetero) is 1. The topological polar surface area (TPSA) is 55.5 Å². The lowest BCUT2D eigenvalue weighted by atomic mass is 10.1. The van der Waals surface area contributed by atoms with Gasteiger partial charge in [-0.05, 0) is 25.8 Å². The largest absolute Gasteiger partial charge is 0.349 e. The minimum atomic E-state index is -0.503. The van der Waals surface area contributed by atoms with Gasteiger partial charge in [-0.1, -0.05) is 32.0 Å². The van der Waals surface area contributed by atoms with Gasteiger partial charge in [0.05, 0.1) is 25.2 Å². The molecule has 0 unspecified atom stereocenters. The number of ketones is 1. The van der Waals surface area contributed by atoms with Gasteiger partial charge in [0.1, 0.15) is 0 Å². The van der Waals surface area contributed by atoms with Gasteiger partial charge in [0.25, 0.3) is 11.7 Å². The number of carbonyl (C=O) groups is 2. The highest BCUT2D eigenvalue weighted by molar-refractivity contribution is 6.45. The van der Waals surface area contributed by atoms with Crippen LogP contribution in [-0.4, -0.2) is 42.4 Å². The number of amides is 1. The number of nitrogens with one attached hydrogen (secondary N) is 2. The fourth-order valence-electron chi connectivity index (χ4n) is 3.62. The molecule has 1 aromatic carbocycles. The van der Waals surface area contributed by atoms with Crippen molar-refractivity contribution in [3.05, 3.63) is 35.5 Å². The molecule has 0 atom stereocenters. The fourth-order valence-corrected chi connectivity index (χ4v) is 3.62. The molecular weight excluding hydrogens is 326 g/mol. The Kier molecular flexibility index (Phi) is 7.39. The minimum absolute atomic E-state index is 0.439. The van der Waals surface area contributed by atoms with E-state index in [2.05, 4.69) is 19.2 Å². The number of rotatable bonds is 10. The summed E-state index contributed by atoms with van der Waals surface area (Å²) in [6, 6.07) is 7.71. The second-order valence-electron chi connectivity index (χ2n) is 6.98. The first-order valence-electron chi connectivity index (χ1n) is 9.71. The van der Waals surface area contributed by atoms with E-state index in [1.165, 1.54) is 12.8 Å². The molecule has 0 aliphatic rings. The van der Waals surface area contributed by atoms with Crippen LogP contribution in [0.1, 0.15) is 49.2 Å². The van der Waals surface area contributed by atoms with Gasteiger partial charge in [0.2, 0.25) is 0 Å². The van der Waals surface area contributed by atoms with E-state index in [0.29, 0.717) is 12.1 Å². The second kappa shape index (κ2) is 9.53. The maximum atomic E-state index is 12.7. The molecule has 2 aromatic rings. The molecule has 1 heterocycles. The lowest BCUT2D eigenvalue weighted by Gasteiger charge is -2.18. The summed E-state index contributed by atoms with van der Waals surface area (Å²) in [6.07, 6.45) is 3.23. The number of para-hydroxylation sites is 1. The van der Waals surface area contributed by atoms with Crippen molar-refractivity contribution in [2.75, 3.05) is 26.2 Å². The van der Waals surface area contributed by atoms with E-state index in [1.54, 1.807) is 4.90 Å². The standard InChI is InChI=1S/C21H31N3O2/c1-5-13-24(14-6-2)15-9-12-22-21(26)20(25)19-16(3)23(4)18-11-8-7-10-17(18)19/h7-8,10-11H,5-6,9,12-15H2,1-4H3,(H,22,26)/p+1. The van der Waals surface area contributed by atoms with Crippen molar-refractivity contribution in [2.24, 2.45) is 7.05 Å². The van der Waals surface area contributed by atoms with E-state index in [4.69, 9.17) is 0 Å². The molecule has 0 saturated carbocycles. The first-order valence-corrected chi connectivity index (χ1v) is 9.71. The number of nitrogens with zero attached hydrogens (tertiary/aromatic N) is 1. The number of aromatic nitrogens is 1. The van der Waals surface area contributed by atoms with Gasteiger partial charge < -0.3 is 14.8 Å². The van der Waals surface area contributed by atoms with Crippen LogP contribution in [0, 0.1) is 6.92 Å². The Morgan fingerprint density at radius 1 is 1.08 bits per heavy atom. The number of quaternary nitrogens is 1. The molecule has 0 fully saturated rings. The van der Waals surface area contributed by atoms with Gasteiger partial charge in [-0.2, -0.15) is 0 Å². The molecule has 26 heavy (non-hydrogen) atoms. The number of carbonyl (C=O) groups excluding carboxylic acids is 2. The van der Waals surface area contributed by atoms with Gasteiger partial charge >= 0.3 is 0 Å². The van der Waals surface area contributed by atoms with Crippen LogP contribution in [0.3, 0.4) is 0 Å². The van der Waals surface area contributed by atoms with Crippen molar-refractivity contribution >= 4 is 22.6 Å². The molecule has 5 heteroatoms. The van der Waals surface area contributed by atoms with E-state index in [1.807, 2.05) is 42.8 Å². The second-order valence-corrected chi connectivity index (χ2v) is 6.98. The molecule has 1 amide bonds. The van der Waals surface area contributed by atoms with Crippen molar-refractivity contribution in [3.63, 3.8) is 0 Å². The third kappa shape index (κ3) is 4.52. The van der Waals surface area contributed by atoms with E-state index < -0.39 is 11.7 Å². The molecule has 0 saturated heterocycles. The average Bonchev–Trinajstić information content (AvgIpc) is 2.89. The highest BCUT2D eigenvalue weighted by Gasteiger charge is 2.23. The van der Waals surface area contributed by atoms with Gasteiger partial charge in [-0.3, -0.25) is 9.59 Å². The van der Waals surface area contributed by atoms with Crippen molar-refractivity contribution < 1.29 is 14.5 Å². The molecule has 0 aliphatic carbocycles. The molecule has 0 aliphatic heterocycles. The number of benzene rings is 1. The number of hydrogen-bond donors (Lipinski definition) is 2. The summed E-state index contributed by atoms with van der Waals surface area (Å²) in [6.45, 7) is 10.2. The molecule has 5 nitrogen and oxygen atoms in total. The lowest BCUT2D eigenvalue weighted by molar-refractivity contribution is -0.900. The van der Waals surface area contributed by atoms with E-state index >= 15 is 0 Å². The summed E-state index contributed by atoms with van der Waals surface area (Å²) >= 11 is 0. The predicted molar refractivity (Wildman–Crippen MR) is 106 cm³/mol. The van der Waals surface area contributed by atoms with Crippen LogP contribution >= 0.6 is 0 Å². The molecular formula is C21H32N3O2+. The highest BCUT2D eigenvalue weighted by atomic mass is 16.2. The van der Waals surface area contributed by atoms with Gasteiger partial charge in [0, 0.05) is 36.6 Å². The minimum Gasteiger partial charge on any atom is -0.349 e. The maximum absolute atomic E-state index is 12.7. The van der Waals surface area contributed by atoms with Crippen molar-refractivity contribution in [1.29, 1.82) is 0 Å². The first kappa shape index (κ1) is 20.2. The molecule has 0 spiro atoms. The normalized spacial score (nSPS) is 11.3. The Hall–Kier alpha value is -2.14. The molecule has 2 rings (SSSR count). The quantitative estimate of drug-likeness (QED) is 0.387. The Bertz CT molecular complexity index is 758. The average molecular weight is 359 g/mol. The van der Waals surface area contributed by atoms with Crippen LogP contribution < -0.4 is 10.2 Å². The molecule has 2 N–H and O–H groups in total. The molecule has 0 radical (unpaired) electrons. The Balaban J connectivity index is 1.96. The summed E-state index contributed by atoms with van der Waals surface area (Å²) in [4.78, 5) is 26.6. The molecule has 1 aromatic heterocycles. The first-order chi connectivity index (χ1) is 12.5.